The van der Waals surface area contributed by atoms with E-state index in [-0.39, 0.29) is 18.4 Å². The first kappa shape index (κ1) is 16.2. The molecule has 0 fully saturated rings. The third-order valence-electron chi connectivity index (χ3n) is 2.93. The molecule has 0 aromatic heterocycles. The van der Waals surface area contributed by atoms with Gasteiger partial charge in [0.1, 0.15) is 0 Å². The highest BCUT2D eigenvalue weighted by Gasteiger charge is 2.26. The van der Waals surface area contributed by atoms with Crippen molar-refractivity contribution in [3.63, 3.8) is 0 Å². The van der Waals surface area contributed by atoms with Crippen LogP contribution in [0.3, 0.4) is 0 Å². The number of amides is 2. The fourth-order valence-electron chi connectivity index (χ4n) is 1.76. The van der Waals surface area contributed by atoms with Gasteiger partial charge in [0.2, 0.25) is 11.8 Å². The highest BCUT2D eigenvalue weighted by molar-refractivity contribution is 5.89. The number of carbonyl (C=O) groups excluding carboxylic acids is 2. The van der Waals surface area contributed by atoms with Crippen LogP contribution >= 0.6 is 0 Å². The molecule has 2 amide bonds. The molecule has 1 aromatic rings. The van der Waals surface area contributed by atoms with Crippen LogP contribution in [0.25, 0.3) is 0 Å². The Bertz CT molecular complexity index is 444. The van der Waals surface area contributed by atoms with Crippen LogP contribution in [0.1, 0.15) is 26.3 Å². The van der Waals surface area contributed by atoms with Gasteiger partial charge in [0, 0.05) is 6.54 Å². The van der Waals surface area contributed by atoms with Gasteiger partial charge in [0.15, 0.2) is 0 Å². The number of likely N-dealkylation sites (N-methyl/N-ethyl adjacent to an activating group) is 1. The Hall–Kier alpha value is -1.88. The summed E-state index contributed by atoms with van der Waals surface area (Å²) in [5.74, 6) is -0.385. The molecule has 0 atom stereocenters. The number of benzene rings is 1. The van der Waals surface area contributed by atoms with Crippen LogP contribution in [0.5, 0.6) is 0 Å². The van der Waals surface area contributed by atoms with Crippen molar-refractivity contribution in [2.24, 2.45) is 0 Å². The standard InChI is InChI=1S/C15H23N3O2/c1-4-18-15(2,3)14(20)17-11-13(19)16-10-12-8-6-5-7-9-12/h5-9,18H,4,10-11H2,1-3H3,(H,16,19)(H,17,20). The first-order chi connectivity index (χ1) is 9.45. The van der Waals surface area contributed by atoms with Crippen LogP contribution in [0.15, 0.2) is 30.3 Å². The van der Waals surface area contributed by atoms with Crippen LogP contribution in [-0.2, 0) is 16.1 Å². The fourth-order valence-corrected chi connectivity index (χ4v) is 1.76. The highest BCUT2D eigenvalue weighted by Crippen LogP contribution is 2.01. The lowest BCUT2D eigenvalue weighted by Crippen LogP contribution is -2.54. The van der Waals surface area contributed by atoms with Gasteiger partial charge in [0.25, 0.3) is 0 Å². The minimum absolute atomic E-state index is 0.0134. The first-order valence-corrected chi connectivity index (χ1v) is 6.79. The van der Waals surface area contributed by atoms with E-state index < -0.39 is 5.54 Å². The van der Waals surface area contributed by atoms with Crippen molar-refractivity contribution in [3.05, 3.63) is 35.9 Å². The Morgan fingerprint density at radius 3 is 2.35 bits per heavy atom. The van der Waals surface area contributed by atoms with Crippen LogP contribution in [-0.4, -0.2) is 30.4 Å². The predicted octanol–water partition coefficient (Wildman–Crippen LogP) is 0.807. The van der Waals surface area contributed by atoms with Crippen LogP contribution in [0, 0.1) is 0 Å². The van der Waals surface area contributed by atoms with Crippen molar-refractivity contribution in [1.82, 2.24) is 16.0 Å². The summed E-state index contributed by atoms with van der Waals surface area (Å²) in [6.07, 6.45) is 0. The molecule has 20 heavy (non-hydrogen) atoms. The summed E-state index contributed by atoms with van der Waals surface area (Å²) in [7, 11) is 0. The maximum absolute atomic E-state index is 11.9. The van der Waals surface area contributed by atoms with Crippen molar-refractivity contribution >= 4 is 11.8 Å². The lowest BCUT2D eigenvalue weighted by Gasteiger charge is -2.24. The molecule has 5 heteroatoms. The minimum Gasteiger partial charge on any atom is -0.350 e. The molecular weight excluding hydrogens is 254 g/mol. The molecular formula is C15H23N3O2. The number of rotatable bonds is 7. The van der Waals surface area contributed by atoms with Crippen LogP contribution in [0.4, 0.5) is 0 Å². The fraction of sp³-hybridized carbons (Fsp3) is 0.467. The zero-order chi connectivity index (χ0) is 15.0. The third kappa shape index (κ3) is 5.40. The molecule has 0 heterocycles. The van der Waals surface area contributed by atoms with Crippen molar-refractivity contribution in [2.45, 2.75) is 32.9 Å². The smallest absolute Gasteiger partial charge is 0.240 e. The Morgan fingerprint density at radius 1 is 1.10 bits per heavy atom. The molecule has 0 saturated carbocycles. The minimum atomic E-state index is -0.672. The van der Waals surface area contributed by atoms with E-state index in [1.54, 1.807) is 13.8 Å². The van der Waals surface area contributed by atoms with Crippen molar-refractivity contribution in [1.29, 1.82) is 0 Å². The Morgan fingerprint density at radius 2 is 1.75 bits per heavy atom. The van der Waals surface area contributed by atoms with E-state index in [4.69, 9.17) is 0 Å². The molecule has 0 radical (unpaired) electrons. The van der Waals surface area contributed by atoms with E-state index in [0.717, 1.165) is 5.56 Å². The van der Waals surface area contributed by atoms with E-state index >= 15 is 0 Å². The average molecular weight is 277 g/mol. The lowest BCUT2D eigenvalue weighted by atomic mass is 10.0. The maximum atomic E-state index is 11.9. The second-order valence-corrected chi connectivity index (χ2v) is 5.10. The summed E-state index contributed by atoms with van der Waals surface area (Å²) in [5.41, 5.74) is 0.356. The topological polar surface area (TPSA) is 70.2 Å². The van der Waals surface area contributed by atoms with E-state index in [2.05, 4.69) is 16.0 Å². The molecule has 0 spiro atoms. The highest BCUT2D eigenvalue weighted by atomic mass is 16.2. The molecule has 5 nitrogen and oxygen atoms in total. The second-order valence-electron chi connectivity index (χ2n) is 5.10. The van der Waals surface area contributed by atoms with Crippen molar-refractivity contribution in [3.8, 4) is 0 Å². The largest absolute Gasteiger partial charge is 0.350 e. The summed E-state index contributed by atoms with van der Waals surface area (Å²) >= 11 is 0. The van der Waals surface area contributed by atoms with Crippen molar-refractivity contribution < 1.29 is 9.59 Å². The van der Waals surface area contributed by atoms with Gasteiger partial charge in [-0.3, -0.25) is 9.59 Å². The summed E-state index contributed by atoms with van der Waals surface area (Å²) < 4.78 is 0. The quantitative estimate of drug-likeness (QED) is 0.690. The SMILES string of the molecule is CCNC(C)(C)C(=O)NCC(=O)NCc1ccccc1. The van der Waals surface area contributed by atoms with Gasteiger partial charge < -0.3 is 16.0 Å². The van der Waals surface area contributed by atoms with E-state index in [1.807, 2.05) is 37.3 Å². The Balaban J connectivity index is 2.31. The molecule has 1 rings (SSSR count). The first-order valence-electron chi connectivity index (χ1n) is 6.79. The Kier molecular flexibility index (Phi) is 6.18. The van der Waals surface area contributed by atoms with Gasteiger partial charge in [-0.05, 0) is 26.0 Å². The molecule has 0 aliphatic rings. The summed E-state index contributed by atoms with van der Waals surface area (Å²) in [5, 5.41) is 8.45. The zero-order valence-corrected chi connectivity index (χ0v) is 12.3. The van der Waals surface area contributed by atoms with Crippen molar-refractivity contribution in [2.75, 3.05) is 13.1 Å². The maximum Gasteiger partial charge on any atom is 0.240 e. The number of carbonyl (C=O) groups is 2. The van der Waals surface area contributed by atoms with E-state index in [1.165, 1.54) is 0 Å². The second kappa shape index (κ2) is 7.65. The normalized spacial score (nSPS) is 10.9. The van der Waals surface area contributed by atoms with Gasteiger partial charge in [0.05, 0.1) is 12.1 Å². The van der Waals surface area contributed by atoms with Gasteiger partial charge >= 0.3 is 0 Å². The molecule has 110 valence electrons. The van der Waals surface area contributed by atoms with E-state index in [9.17, 15) is 9.59 Å². The lowest BCUT2D eigenvalue weighted by molar-refractivity contribution is -0.129. The van der Waals surface area contributed by atoms with Gasteiger partial charge in [-0.1, -0.05) is 37.3 Å². The van der Waals surface area contributed by atoms with Gasteiger partial charge in [-0.2, -0.15) is 0 Å². The Labute approximate surface area is 120 Å². The molecule has 0 saturated heterocycles. The molecule has 3 N–H and O–H groups in total. The molecule has 0 unspecified atom stereocenters. The molecule has 1 aromatic carbocycles. The number of hydrogen-bond donors (Lipinski definition) is 3. The third-order valence-corrected chi connectivity index (χ3v) is 2.93. The summed E-state index contributed by atoms with van der Waals surface area (Å²) in [6, 6.07) is 9.64. The summed E-state index contributed by atoms with van der Waals surface area (Å²) in [6.45, 7) is 6.65. The van der Waals surface area contributed by atoms with E-state index in [0.29, 0.717) is 13.1 Å². The molecule has 0 aliphatic heterocycles. The molecule has 0 bridgehead atoms. The monoisotopic (exact) mass is 277 g/mol. The summed E-state index contributed by atoms with van der Waals surface area (Å²) in [4.78, 5) is 23.5. The zero-order valence-electron chi connectivity index (χ0n) is 12.3. The van der Waals surface area contributed by atoms with Crippen LogP contribution in [0.2, 0.25) is 0 Å². The average Bonchev–Trinajstić information content (AvgIpc) is 2.43. The predicted molar refractivity (Wildman–Crippen MR) is 79.1 cm³/mol. The van der Waals surface area contributed by atoms with Crippen LogP contribution < -0.4 is 16.0 Å². The number of hydrogen-bond acceptors (Lipinski definition) is 3. The number of nitrogens with one attached hydrogen (secondary N) is 3. The van der Waals surface area contributed by atoms with Gasteiger partial charge in [-0.25, -0.2) is 0 Å². The molecule has 0 aliphatic carbocycles. The van der Waals surface area contributed by atoms with Gasteiger partial charge in [-0.15, -0.1) is 0 Å².